The van der Waals surface area contributed by atoms with Crippen LogP contribution in [0.15, 0.2) is 40.8 Å². The van der Waals surface area contributed by atoms with Gasteiger partial charge in [0.15, 0.2) is 29.6 Å². The largest absolute Gasteiger partial charge is 0.504 e. The van der Waals surface area contributed by atoms with Gasteiger partial charge in [0, 0.05) is 12.5 Å². The van der Waals surface area contributed by atoms with Gasteiger partial charge in [0.1, 0.15) is 11.3 Å². The number of methoxy groups -OCH3 is 2. The van der Waals surface area contributed by atoms with Gasteiger partial charge in [-0.1, -0.05) is 6.07 Å². The Hall–Kier alpha value is -3.35. The SMILES string of the molecule is COc1ccc(Cc2oc3cc(OCC(=O)O)ccc3c2O)cc1OC. The summed E-state index contributed by atoms with van der Waals surface area (Å²) >= 11 is 0. The molecule has 0 aliphatic heterocycles. The summed E-state index contributed by atoms with van der Waals surface area (Å²) in [5.41, 5.74) is 1.29. The van der Waals surface area contributed by atoms with Crippen molar-refractivity contribution in [3.63, 3.8) is 0 Å². The van der Waals surface area contributed by atoms with Gasteiger partial charge in [0.2, 0.25) is 0 Å². The van der Waals surface area contributed by atoms with Crippen LogP contribution in [-0.4, -0.2) is 37.0 Å². The third-order valence-electron chi connectivity index (χ3n) is 3.88. The van der Waals surface area contributed by atoms with Crippen molar-refractivity contribution in [1.29, 1.82) is 0 Å². The van der Waals surface area contributed by atoms with Crippen molar-refractivity contribution in [2.75, 3.05) is 20.8 Å². The summed E-state index contributed by atoms with van der Waals surface area (Å²) in [5, 5.41) is 19.6. The van der Waals surface area contributed by atoms with E-state index in [0.29, 0.717) is 40.4 Å². The molecule has 7 heteroatoms. The maximum absolute atomic E-state index is 10.6. The maximum atomic E-state index is 10.6. The highest BCUT2D eigenvalue weighted by Gasteiger charge is 2.16. The monoisotopic (exact) mass is 358 g/mol. The third-order valence-corrected chi connectivity index (χ3v) is 3.88. The molecule has 0 atom stereocenters. The molecule has 0 aliphatic carbocycles. The maximum Gasteiger partial charge on any atom is 0.341 e. The van der Waals surface area contributed by atoms with Crippen molar-refractivity contribution in [2.24, 2.45) is 0 Å². The molecule has 26 heavy (non-hydrogen) atoms. The molecule has 7 nitrogen and oxygen atoms in total. The fraction of sp³-hybridized carbons (Fsp3) is 0.211. The van der Waals surface area contributed by atoms with Gasteiger partial charge in [-0.2, -0.15) is 0 Å². The molecule has 0 bridgehead atoms. The molecule has 136 valence electrons. The van der Waals surface area contributed by atoms with Crippen molar-refractivity contribution < 1.29 is 33.6 Å². The van der Waals surface area contributed by atoms with Crippen molar-refractivity contribution >= 4 is 16.9 Å². The number of ether oxygens (including phenoxy) is 3. The van der Waals surface area contributed by atoms with Crippen LogP contribution in [0.1, 0.15) is 11.3 Å². The molecule has 2 N–H and O–H groups in total. The van der Waals surface area contributed by atoms with Crippen LogP contribution in [0.2, 0.25) is 0 Å². The first-order chi connectivity index (χ1) is 12.5. The van der Waals surface area contributed by atoms with Crippen molar-refractivity contribution in [3.8, 4) is 23.0 Å². The lowest BCUT2D eigenvalue weighted by Crippen LogP contribution is -2.09. The van der Waals surface area contributed by atoms with Crippen molar-refractivity contribution in [1.82, 2.24) is 0 Å². The smallest absolute Gasteiger partial charge is 0.341 e. The number of hydrogen-bond acceptors (Lipinski definition) is 6. The molecule has 0 saturated heterocycles. The zero-order chi connectivity index (χ0) is 18.7. The Kier molecular flexibility index (Phi) is 4.88. The molecule has 1 heterocycles. The van der Waals surface area contributed by atoms with Gasteiger partial charge in [-0.3, -0.25) is 0 Å². The topological polar surface area (TPSA) is 98.4 Å². The molecule has 3 aromatic rings. The van der Waals surface area contributed by atoms with Gasteiger partial charge in [-0.25, -0.2) is 4.79 Å². The van der Waals surface area contributed by atoms with Gasteiger partial charge < -0.3 is 28.8 Å². The van der Waals surface area contributed by atoms with Gasteiger partial charge >= 0.3 is 5.97 Å². The Morgan fingerprint density at radius 3 is 2.54 bits per heavy atom. The average Bonchev–Trinajstić information content (AvgIpc) is 2.95. The number of carboxylic acid groups (broad SMARTS) is 1. The lowest BCUT2D eigenvalue weighted by molar-refractivity contribution is -0.139. The van der Waals surface area contributed by atoms with Crippen LogP contribution in [0.25, 0.3) is 11.0 Å². The van der Waals surface area contributed by atoms with E-state index in [-0.39, 0.29) is 5.75 Å². The normalized spacial score (nSPS) is 10.7. The Labute approximate surface area is 149 Å². The summed E-state index contributed by atoms with van der Waals surface area (Å²) in [6.07, 6.45) is 0.353. The van der Waals surface area contributed by atoms with E-state index in [2.05, 4.69) is 0 Å². The van der Waals surface area contributed by atoms with Crippen LogP contribution >= 0.6 is 0 Å². The van der Waals surface area contributed by atoms with E-state index >= 15 is 0 Å². The summed E-state index contributed by atoms with van der Waals surface area (Å²) in [4.78, 5) is 10.6. The summed E-state index contributed by atoms with van der Waals surface area (Å²) in [6, 6.07) is 10.2. The minimum Gasteiger partial charge on any atom is -0.504 e. The number of rotatable bonds is 7. The first-order valence-corrected chi connectivity index (χ1v) is 7.81. The standard InChI is InChI=1S/C19H18O7/c1-23-14-6-3-11(7-16(14)24-2)8-17-19(22)13-5-4-12(9-15(13)26-17)25-10-18(20)21/h3-7,9,22H,8,10H2,1-2H3,(H,20,21). The van der Waals surface area contributed by atoms with Crippen LogP contribution < -0.4 is 14.2 Å². The molecule has 1 aromatic heterocycles. The predicted octanol–water partition coefficient (Wildman–Crippen LogP) is 3.21. The first kappa shape index (κ1) is 17.5. The molecular formula is C19H18O7. The highest BCUT2D eigenvalue weighted by Crippen LogP contribution is 2.36. The lowest BCUT2D eigenvalue weighted by atomic mass is 10.1. The number of fused-ring (bicyclic) bond motifs is 1. The molecule has 0 aliphatic rings. The van der Waals surface area contributed by atoms with Crippen LogP contribution in [0.3, 0.4) is 0 Å². The number of aromatic hydroxyl groups is 1. The van der Waals surface area contributed by atoms with E-state index in [1.54, 1.807) is 38.5 Å². The number of carbonyl (C=O) groups is 1. The molecule has 3 rings (SSSR count). The molecule has 2 aromatic carbocycles. The Balaban J connectivity index is 1.88. The summed E-state index contributed by atoms with van der Waals surface area (Å²) in [5.74, 6) is 0.922. The Morgan fingerprint density at radius 2 is 1.85 bits per heavy atom. The van der Waals surface area contributed by atoms with Crippen molar-refractivity contribution in [2.45, 2.75) is 6.42 Å². The minimum atomic E-state index is -1.07. The van der Waals surface area contributed by atoms with Gasteiger partial charge in [0.05, 0.1) is 19.6 Å². The second-order valence-corrected chi connectivity index (χ2v) is 5.58. The summed E-state index contributed by atoms with van der Waals surface area (Å²) < 4.78 is 21.4. The molecule has 0 amide bonds. The second kappa shape index (κ2) is 7.26. The number of furan rings is 1. The van der Waals surface area contributed by atoms with E-state index in [0.717, 1.165) is 5.56 Å². The molecule has 0 radical (unpaired) electrons. The molecule has 0 spiro atoms. The van der Waals surface area contributed by atoms with Crippen molar-refractivity contribution in [3.05, 3.63) is 47.7 Å². The molecule has 0 fully saturated rings. The lowest BCUT2D eigenvalue weighted by Gasteiger charge is -2.08. The molecule has 0 unspecified atom stereocenters. The fourth-order valence-electron chi connectivity index (χ4n) is 2.64. The Morgan fingerprint density at radius 1 is 1.08 bits per heavy atom. The van der Waals surface area contributed by atoms with E-state index < -0.39 is 12.6 Å². The predicted molar refractivity (Wildman–Crippen MR) is 93.4 cm³/mol. The molecule has 0 saturated carbocycles. The second-order valence-electron chi connectivity index (χ2n) is 5.58. The number of benzene rings is 2. The fourth-order valence-corrected chi connectivity index (χ4v) is 2.64. The van der Waals surface area contributed by atoms with Gasteiger partial charge in [-0.05, 0) is 29.8 Å². The molecular weight excluding hydrogens is 340 g/mol. The average molecular weight is 358 g/mol. The highest BCUT2D eigenvalue weighted by atomic mass is 16.5. The minimum absolute atomic E-state index is 0.0413. The van der Waals surface area contributed by atoms with E-state index in [1.807, 2.05) is 12.1 Å². The van der Waals surface area contributed by atoms with E-state index in [1.165, 1.54) is 0 Å². The summed E-state index contributed by atoms with van der Waals surface area (Å²) in [7, 11) is 3.12. The third kappa shape index (κ3) is 3.51. The zero-order valence-corrected chi connectivity index (χ0v) is 14.3. The number of carboxylic acids is 1. The van der Waals surface area contributed by atoms with Crippen LogP contribution in [-0.2, 0) is 11.2 Å². The number of hydrogen-bond donors (Lipinski definition) is 2. The van der Waals surface area contributed by atoms with Gasteiger partial charge in [0.25, 0.3) is 0 Å². The summed E-state index contributed by atoms with van der Waals surface area (Å²) in [6.45, 7) is -0.448. The number of aliphatic carboxylic acids is 1. The van der Waals surface area contributed by atoms with E-state index in [4.69, 9.17) is 23.7 Å². The van der Waals surface area contributed by atoms with Crippen LogP contribution in [0.5, 0.6) is 23.0 Å². The highest BCUT2D eigenvalue weighted by molar-refractivity contribution is 5.86. The van der Waals surface area contributed by atoms with Crippen LogP contribution in [0, 0.1) is 0 Å². The van der Waals surface area contributed by atoms with Gasteiger partial charge in [-0.15, -0.1) is 0 Å². The van der Waals surface area contributed by atoms with Crippen LogP contribution in [0.4, 0.5) is 0 Å². The first-order valence-electron chi connectivity index (χ1n) is 7.81. The quantitative estimate of drug-likeness (QED) is 0.669. The Bertz CT molecular complexity index is 942. The van der Waals surface area contributed by atoms with E-state index in [9.17, 15) is 9.90 Å². The zero-order valence-electron chi connectivity index (χ0n) is 14.3.